The van der Waals surface area contributed by atoms with Crippen molar-refractivity contribution < 1.29 is 23.1 Å². The van der Waals surface area contributed by atoms with E-state index in [-0.39, 0.29) is 66.3 Å². The number of carbonyl (C=O) groups is 1. The minimum absolute atomic E-state index is 0.0219. The summed E-state index contributed by atoms with van der Waals surface area (Å²) in [6.07, 6.45) is 0. The summed E-state index contributed by atoms with van der Waals surface area (Å²) in [6, 6.07) is 4.80. The highest BCUT2D eigenvalue weighted by molar-refractivity contribution is 7.89. The molecule has 0 aliphatic carbocycles. The molecule has 0 radical (unpaired) electrons. The molecule has 31 heavy (non-hydrogen) atoms. The Morgan fingerprint density at radius 1 is 1.10 bits per heavy atom. The van der Waals surface area contributed by atoms with Gasteiger partial charge in [0.25, 0.3) is 5.69 Å². The van der Waals surface area contributed by atoms with Gasteiger partial charge in [-0.25, -0.2) is 8.42 Å². The summed E-state index contributed by atoms with van der Waals surface area (Å²) < 4.78 is 28.0. The normalized spacial score (nSPS) is 15.1. The molecule has 0 atom stereocenters. The van der Waals surface area contributed by atoms with Crippen LogP contribution in [-0.4, -0.2) is 69.3 Å². The van der Waals surface area contributed by atoms with Crippen molar-refractivity contribution in [2.45, 2.75) is 25.3 Å². The van der Waals surface area contributed by atoms with E-state index in [1.54, 1.807) is 0 Å². The van der Waals surface area contributed by atoms with Crippen LogP contribution in [0.4, 0.5) is 11.4 Å². The van der Waals surface area contributed by atoms with E-state index >= 15 is 0 Å². The highest BCUT2D eigenvalue weighted by atomic mass is 32.2. The fourth-order valence-electron chi connectivity index (χ4n) is 3.42. The third kappa shape index (κ3) is 4.39. The number of aromatic nitrogens is 2. The molecular weight excluding hydrogens is 432 g/mol. The molecule has 1 aromatic carbocycles. The minimum atomic E-state index is -3.95. The van der Waals surface area contributed by atoms with Crippen molar-refractivity contribution >= 4 is 27.3 Å². The summed E-state index contributed by atoms with van der Waals surface area (Å²) in [5, 5.41) is 26.1. The van der Waals surface area contributed by atoms with Crippen LogP contribution in [0.2, 0.25) is 0 Å². The monoisotopic (exact) mass is 452 g/mol. The van der Waals surface area contributed by atoms with Crippen LogP contribution in [0, 0.1) is 34.1 Å². The number of hydrogen-bond donors (Lipinski definition) is 0. The van der Waals surface area contributed by atoms with Crippen molar-refractivity contribution in [2.75, 3.05) is 26.2 Å². The number of amides is 1. The molecule has 14 heteroatoms. The molecule has 2 aromatic rings. The van der Waals surface area contributed by atoms with Crippen molar-refractivity contribution in [1.29, 1.82) is 0 Å². The maximum atomic E-state index is 12.8. The Morgan fingerprint density at radius 2 is 1.74 bits per heavy atom. The van der Waals surface area contributed by atoms with Gasteiger partial charge in [-0.2, -0.15) is 9.40 Å². The smallest absolute Gasteiger partial charge is 0.312 e. The molecule has 1 amide bonds. The first kappa shape index (κ1) is 22.3. The molecule has 0 bridgehead atoms. The zero-order valence-electron chi connectivity index (χ0n) is 16.8. The van der Waals surface area contributed by atoms with Crippen LogP contribution in [0.3, 0.4) is 0 Å². The first-order valence-electron chi connectivity index (χ1n) is 9.23. The van der Waals surface area contributed by atoms with Crippen molar-refractivity contribution in [1.82, 2.24) is 19.0 Å². The zero-order chi connectivity index (χ0) is 22.9. The Morgan fingerprint density at radius 3 is 2.29 bits per heavy atom. The van der Waals surface area contributed by atoms with Gasteiger partial charge in [0.05, 0.1) is 14.7 Å². The summed E-state index contributed by atoms with van der Waals surface area (Å²) in [4.78, 5) is 34.7. The molecule has 1 fully saturated rings. The Balaban J connectivity index is 1.67. The lowest BCUT2D eigenvalue weighted by Gasteiger charge is -2.34. The van der Waals surface area contributed by atoms with Gasteiger partial charge in [-0.3, -0.25) is 29.7 Å². The van der Waals surface area contributed by atoms with Gasteiger partial charge >= 0.3 is 5.69 Å². The topological polar surface area (TPSA) is 162 Å². The van der Waals surface area contributed by atoms with Crippen molar-refractivity contribution in [3.63, 3.8) is 0 Å². The molecule has 13 nitrogen and oxygen atoms in total. The van der Waals surface area contributed by atoms with Gasteiger partial charge in [-0.1, -0.05) is 6.07 Å². The van der Waals surface area contributed by atoms with Crippen LogP contribution in [-0.2, 0) is 21.4 Å². The summed E-state index contributed by atoms with van der Waals surface area (Å²) in [5.74, 6) is -0.340. The number of aryl methyl sites for hydroxylation is 1. The third-order valence-electron chi connectivity index (χ3n) is 5.07. The molecule has 1 saturated heterocycles. The SMILES string of the molecule is Cc1nn(CC(=O)N2CCN(S(=O)(=O)c3cccc([N+](=O)[O-])c3)CC2)c(C)c1[N+](=O)[O-]. The van der Waals surface area contributed by atoms with Gasteiger partial charge in [-0.15, -0.1) is 0 Å². The van der Waals surface area contributed by atoms with Crippen LogP contribution >= 0.6 is 0 Å². The molecule has 0 unspecified atom stereocenters. The van der Waals surface area contributed by atoms with Crippen molar-refractivity contribution in [2.24, 2.45) is 0 Å². The van der Waals surface area contributed by atoms with Gasteiger partial charge in [0, 0.05) is 38.3 Å². The molecule has 2 heterocycles. The van der Waals surface area contributed by atoms with Crippen LogP contribution in [0.25, 0.3) is 0 Å². The van der Waals surface area contributed by atoms with Crippen LogP contribution in [0.15, 0.2) is 29.2 Å². The van der Waals surface area contributed by atoms with E-state index in [0.29, 0.717) is 0 Å². The Bertz CT molecular complexity index is 1150. The van der Waals surface area contributed by atoms with Crippen molar-refractivity contribution in [3.05, 3.63) is 55.9 Å². The number of nitrogens with zero attached hydrogens (tertiary/aromatic N) is 6. The Kier molecular flexibility index (Phi) is 6.03. The van der Waals surface area contributed by atoms with E-state index in [1.807, 2.05) is 0 Å². The van der Waals surface area contributed by atoms with E-state index in [2.05, 4.69) is 5.10 Å². The quantitative estimate of drug-likeness (QED) is 0.460. The fraction of sp³-hybridized carbons (Fsp3) is 0.412. The van der Waals surface area contributed by atoms with E-state index in [9.17, 15) is 33.4 Å². The summed E-state index contributed by atoms with van der Waals surface area (Å²) in [6.45, 7) is 3.08. The molecule has 3 rings (SSSR count). The molecule has 1 aromatic heterocycles. The lowest BCUT2D eigenvalue weighted by atomic mass is 10.3. The van der Waals surface area contributed by atoms with Gasteiger partial charge < -0.3 is 4.90 Å². The number of carbonyl (C=O) groups excluding carboxylic acids is 1. The molecule has 0 saturated carbocycles. The van der Waals surface area contributed by atoms with Gasteiger partial charge in [-0.05, 0) is 19.9 Å². The van der Waals surface area contributed by atoms with E-state index in [1.165, 1.54) is 45.9 Å². The lowest BCUT2D eigenvalue weighted by molar-refractivity contribution is -0.386. The number of rotatable bonds is 6. The van der Waals surface area contributed by atoms with Crippen molar-refractivity contribution in [3.8, 4) is 0 Å². The highest BCUT2D eigenvalue weighted by Gasteiger charge is 2.31. The average molecular weight is 452 g/mol. The number of nitro groups is 2. The summed E-state index contributed by atoms with van der Waals surface area (Å²) in [5.41, 5.74) is 0.0143. The van der Waals surface area contributed by atoms with E-state index < -0.39 is 19.9 Å². The number of hydrogen-bond acceptors (Lipinski definition) is 8. The molecule has 1 aliphatic rings. The number of benzene rings is 1. The van der Waals surface area contributed by atoms with E-state index in [4.69, 9.17) is 0 Å². The predicted molar refractivity (Wildman–Crippen MR) is 107 cm³/mol. The van der Waals surface area contributed by atoms with Gasteiger partial charge in [0.15, 0.2) is 0 Å². The summed E-state index contributed by atoms with van der Waals surface area (Å²) in [7, 11) is -3.95. The van der Waals surface area contributed by atoms with Crippen LogP contribution in [0.5, 0.6) is 0 Å². The second-order valence-electron chi connectivity index (χ2n) is 6.97. The molecule has 0 spiro atoms. The first-order chi connectivity index (χ1) is 14.5. The highest BCUT2D eigenvalue weighted by Crippen LogP contribution is 2.23. The number of piperazine rings is 1. The Hall–Kier alpha value is -3.39. The number of sulfonamides is 1. The summed E-state index contributed by atoms with van der Waals surface area (Å²) >= 11 is 0. The third-order valence-corrected chi connectivity index (χ3v) is 6.96. The fourth-order valence-corrected chi connectivity index (χ4v) is 4.88. The molecule has 0 N–H and O–H groups in total. The largest absolute Gasteiger partial charge is 0.338 e. The van der Waals surface area contributed by atoms with Gasteiger partial charge in [0.2, 0.25) is 15.9 Å². The standard InChI is InChI=1S/C17H20N6O7S/c1-12-17(23(27)28)13(2)21(18-12)11-16(24)19-6-8-20(9-7-19)31(29,30)15-5-3-4-14(10-15)22(25)26/h3-5,10H,6-9,11H2,1-2H3. The predicted octanol–water partition coefficient (Wildman–Crippen LogP) is 0.849. The molecule has 1 aliphatic heterocycles. The number of nitro benzene ring substituents is 1. The minimum Gasteiger partial charge on any atom is -0.338 e. The Labute approximate surface area is 177 Å². The van der Waals surface area contributed by atoms with Gasteiger partial charge in [0.1, 0.15) is 17.9 Å². The molecule has 166 valence electrons. The average Bonchev–Trinajstić information content (AvgIpc) is 3.01. The van der Waals surface area contributed by atoms with Crippen LogP contribution < -0.4 is 0 Å². The first-order valence-corrected chi connectivity index (χ1v) is 10.7. The number of non-ortho nitro benzene ring substituents is 1. The second kappa shape index (κ2) is 8.39. The maximum Gasteiger partial charge on any atom is 0.312 e. The maximum absolute atomic E-state index is 12.8. The lowest BCUT2D eigenvalue weighted by Crippen LogP contribution is -2.51. The molecular formula is C17H20N6O7S. The van der Waals surface area contributed by atoms with Crippen LogP contribution in [0.1, 0.15) is 11.4 Å². The van der Waals surface area contributed by atoms with E-state index in [0.717, 1.165) is 6.07 Å². The second-order valence-corrected chi connectivity index (χ2v) is 8.91. The zero-order valence-corrected chi connectivity index (χ0v) is 17.6.